The molecule has 9 heteroatoms. The highest BCUT2D eigenvalue weighted by Gasteiger charge is 2.13. The molecule has 0 fully saturated rings. The van der Waals surface area contributed by atoms with E-state index in [1.807, 2.05) is 42.5 Å². The molecular formula is C22H14ClN7O. The average Bonchev–Trinajstić information content (AvgIpc) is 3.23. The van der Waals surface area contributed by atoms with Crippen LogP contribution in [-0.2, 0) is 0 Å². The molecule has 0 saturated heterocycles. The minimum absolute atomic E-state index is 0.152. The molecule has 0 atom stereocenters. The number of hydrogen-bond donors (Lipinski definition) is 1. The van der Waals surface area contributed by atoms with E-state index in [-0.39, 0.29) is 11.1 Å². The number of anilines is 1. The minimum atomic E-state index is -0.337. The Morgan fingerprint density at radius 2 is 1.81 bits per heavy atom. The third-order valence-corrected chi connectivity index (χ3v) is 4.90. The molecule has 4 aromatic heterocycles. The van der Waals surface area contributed by atoms with Crippen molar-refractivity contribution in [3.63, 3.8) is 0 Å². The molecule has 1 amide bonds. The van der Waals surface area contributed by atoms with Crippen molar-refractivity contribution in [2.24, 2.45) is 0 Å². The molecule has 0 aliphatic heterocycles. The van der Waals surface area contributed by atoms with Crippen LogP contribution in [0.25, 0.3) is 28.3 Å². The number of halogens is 1. The first kappa shape index (κ1) is 18.8. The molecule has 8 nitrogen and oxygen atoms in total. The van der Waals surface area contributed by atoms with Gasteiger partial charge in [-0.25, -0.2) is 4.98 Å². The number of nitrogens with zero attached hydrogens (tertiary/aromatic N) is 6. The van der Waals surface area contributed by atoms with E-state index >= 15 is 0 Å². The number of rotatable bonds is 4. The van der Waals surface area contributed by atoms with Gasteiger partial charge in [0.2, 0.25) is 0 Å². The molecule has 31 heavy (non-hydrogen) atoms. The molecule has 150 valence electrons. The molecule has 1 aromatic carbocycles. The van der Waals surface area contributed by atoms with Gasteiger partial charge < -0.3 is 5.32 Å². The summed E-state index contributed by atoms with van der Waals surface area (Å²) in [6.45, 7) is 0. The summed E-state index contributed by atoms with van der Waals surface area (Å²) in [6, 6.07) is 18.1. The van der Waals surface area contributed by atoms with Gasteiger partial charge in [0.05, 0.1) is 11.3 Å². The fourth-order valence-corrected chi connectivity index (χ4v) is 3.33. The van der Waals surface area contributed by atoms with E-state index in [4.69, 9.17) is 16.7 Å². The number of carbonyl (C=O) groups excluding carboxylic acids is 1. The summed E-state index contributed by atoms with van der Waals surface area (Å²) in [6.07, 6.45) is 4.95. The van der Waals surface area contributed by atoms with Crippen molar-refractivity contribution in [1.82, 2.24) is 29.8 Å². The number of aromatic nitrogens is 6. The van der Waals surface area contributed by atoms with Crippen LogP contribution in [0.5, 0.6) is 0 Å². The Balaban J connectivity index is 1.48. The van der Waals surface area contributed by atoms with E-state index in [0.29, 0.717) is 28.4 Å². The lowest BCUT2D eigenvalue weighted by atomic mass is 10.1. The first-order valence-corrected chi connectivity index (χ1v) is 9.72. The SMILES string of the molecule is O=C(Nc1cccc(-c2ccc3nnc(-c4cccnc4)n3n2)c1)c1cccnc1Cl. The summed E-state index contributed by atoms with van der Waals surface area (Å²) in [5, 5.41) is 16.1. The summed E-state index contributed by atoms with van der Waals surface area (Å²) in [5.74, 6) is 0.261. The van der Waals surface area contributed by atoms with E-state index in [0.717, 1.165) is 11.1 Å². The Morgan fingerprint density at radius 3 is 2.65 bits per heavy atom. The largest absolute Gasteiger partial charge is 0.322 e. The van der Waals surface area contributed by atoms with Crippen LogP contribution in [0.1, 0.15) is 10.4 Å². The summed E-state index contributed by atoms with van der Waals surface area (Å²) in [4.78, 5) is 20.6. The normalized spacial score (nSPS) is 10.9. The topological polar surface area (TPSA) is 98.0 Å². The minimum Gasteiger partial charge on any atom is -0.322 e. The fourth-order valence-electron chi connectivity index (χ4n) is 3.13. The van der Waals surface area contributed by atoms with Gasteiger partial charge in [-0.3, -0.25) is 9.78 Å². The summed E-state index contributed by atoms with van der Waals surface area (Å²) in [5.41, 5.74) is 3.88. The van der Waals surface area contributed by atoms with Gasteiger partial charge in [0, 0.05) is 35.4 Å². The highest BCUT2D eigenvalue weighted by Crippen LogP contribution is 2.24. The van der Waals surface area contributed by atoms with Crippen LogP contribution >= 0.6 is 11.6 Å². The van der Waals surface area contributed by atoms with Crippen molar-refractivity contribution in [1.29, 1.82) is 0 Å². The molecule has 1 N–H and O–H groups in total. The maximum atomic E-state index is 12.5. The highest BCUT2D eigenvalue weighted by atomic mass is 35.5. The zero-order valence-electron chi connectivity index (χ0n) is 16.0. The zero-order chi connectivity index (χ0) is 21.2. The second-order valence-corrected chi connectivity index (χ2v) is 6.99. The van der Waals surface area contributed by atoms with Gasteiger partial charge in [-0.1, -0.05) is 23.7 Å². The van der Waals surface area contributed by atoms with Gasteiger partial charge in [-0.05, 0) is 48.5 Å². The van der Waals surface area contributed by atoms with E-state index < -0.39 is 0 Å². The average molecular weight is 428 g/mol. The molecule has 0 spiro atoms. The Kier molecular flexibility index (Phi) is 4.81. The number of fused-ring (bicyclic) bond motifs is 1. The van der Waals surface area contributed by atoms with Gasteiger partial charge in [-0.15, -0.1) is 10.2 Å². The molecule has 0 bridgehead atoms. The van der Waals surface area contributed by atoms with Crippen LogP contribution in [0, 0.1) is 0 Å². The first-order chi connectivity index (χ1) is 15.2. The molecule has 0 unspecified atom stereocenters. The monoisotopic (exact) mass is 427 g/mol. The fraction of sp³-hybridized carbons (Fsp3) is 0. The first-order valence-electron chi connectivity index (χ1n) is 9.34. The van der Waals surface area contributed by atoms with Crippen molar-refractivity contribution in [2.45, 2.75) is 0 Å². The van der Waals surface area contributed by atoms with Gasteiger partial charge in [0.1, 0.15) is 5.15 Å². The van der Waals surface area contributed by atoms with Crippen LogP contribution in [0.4, 0.5) is 5.69 Å². The zero-order valence-corrected chi connectivity index (χ0v) is 16.7. The lowest BCUT2D eigenvalue weighted by Gasteiger charge is -2.08. The van der Waals surface area contributed by atoms with Crippen LogP contribution < -0.4 is 5.32 Å². The Bertz CT molecular complexity index is 1400. The maximum absolute atomic E-state index is 12.5. The van der Waals surface area contributed by atoms with Gasteiger partial charge in [0.15, 0.2) is 11.5 Å². The third kappa shape index (κ3) is 3.72. The second-order valence-electron chi connectivity index (χ2n) is 6.63. The second kappa shape index (κ2) is 7.92. The van der Waals surface area contributed by atoms with Crippen LogP contribution in [0.15, 0.2) is 79.3 Å². The number of carbonyl (C=O) groups is 1. The number of pyridine rings is 2. The van der Waals surface area contributed by atoms with Gasteiger partial charge in [-0.2, -0.15) is 9.61 Å². The summed E-state index contributed by atoms with van der Waals surface area (Å²) in [7, 11) is 0. The van der Waals surface area contributed by atoms with Crippen molar-refractivity contribution < 1.29 is 4.79 Å². The quantitative estimate of drug-likeness (QED) is 0.432. The standard InChI is InChI=1S/C22H14ClN7O/c23-20-17(7-3-11-25-20)22(31)26-16-6-1-4-14(12-16)18-8-9-19-27-28-21(30(19)29-18)15-5-2-10-24-13-15/h1-13H,(H,26,31). The maximum Gasteiger partial charge on any atom is 0.258 e. The van der Waals surface area contributed by atoms with E-state index in [9.17, 15) is 4.79 Å². The van der Waals surface area contributed by atoms with Gasteiger partial charge in [0.25, 0.3) is 5.91 Å². The van der Waals surface area contributed by atoms with Crippen LogP contribution in [-0.4, -0.2) is 35.7 Å². The van der Waals surface area contributed by atoms with Crippen molar-refractivity contribution in [2.75, 3.05) is 5.32 Å². The van der Waals surface area contributed by atoms with Crippen molar-refractivity contribution in [3.8, 4) is 22.6 Å². The molecular weight excluding hydrogens is 414 g/mol. The predicted molar refractivity (Wildman–Crippen MR) is 117 cm³/mol. The number of hydrogen-bond acceptors (Lipinski definition) is 6. The summed E-state index contributed by atoms with van der Waals surface area (Å²) >= 11 is 6.02. The molecule has 0 aliphatic rings. The van der Waals surface area contributed by atoms with Crippen LogP contribution in [0.2, 0.25) is 5.15 Å². The lowest BCUT2D eigenvalue weighted by molar-refractivity contribution is 0.102. The molecule has 5 rings (SSSR count). The van der Waals surface area contributed by atoms with Crippen LogP contribution in [0.3, 0.4) is 0 Å². The summed E-state index contributed by atoms with van der Waals surface area (Å²) < 4.78 is 1.67. The smallest absolute Gasteiger partial charge is 0.258 e. The van der Waals surface area contributed by atoms with Gasteiger partial charge >= 0.3 is 0 Å². The number of benzene rings is 1. The molecule has 4 heterocycles. The van der Waals surface area contributed by atoms with E-state index in [1.54, 1.807) is 35.1 Å². The Labute approximate surface area is 181 Å². The van der Waals surface area contributed by atoms with E-state index in [1.165, 1.54) is 6.20 Å². The van der Waals surface area contributed by atoms with Crippen molar-refractivity contribution >= 4 is 28.8 Å². The lowest BCUT2D eigenvalue weighted by Crippen LogP contribution is -2.12. The van der Waals surface area contributed by atoms with E-state index in [2.05, 4.69) is 25.5 Å². The molecule has 5 aromatic rings. The molecule has 0 saturated carbocycles. The Morgan fingerprint density at radius 1 is 0.935 bits per heavy atom. The number of amides is 1. The van der Waals surface area contributed by atoms with Crippen molar-refractivity contribution in [3.05, 3.63) is 90.0 Å². The molecule has 0 radical (unpaired) electrons. The predicted octanol–water partition coefficient (Wildman–Crippen LogP) is 4.15. The highest BCUT2D eigenvalue weighted by molar-refractivity contribution is 6.33. The molecule has 0 aliphatic carbocycles. The Hall–Kier alpha value is -4.17. The number of nitrogens with one attached hydrogen (secondary N) is 1. The third-order valence-electron chi connectivity index (χ3n) is 4.60.